The number of hydrogen-bond acceptors (Lipinski definition) is 5. The van der Waals surface area contributed by atoms with Gasteiger partial charge in [-0.2, -0.15) is 5.10 Å². The smallest absolute Gasteiger partial charge is 0.231 e. The second-order valence-corrected chi connectivity index (χ2v) is 3.39. The van der Waals surface area contributed by atoms with Crippen LogP contribution >= 0.6 is 0 Å². The number of nitrogens with zero attached hydrogens (tertiary/aromatic N) is 1. The van der Waals surface area contributed by atoms with Gasteiger partial charge in [0.05, 0.1) is 6.20 Å². The molecule has 0 spiro atoms. The fourth-order valence-electron chi connectivity index (χ4n) is 1.69. The Balaban J connectivity index is 2.20. The van der Waals surface area contributed by atoms with Crippen molar-refractivity contribution in [2.24, 2.45) is 0 Å². The lowest BCUT2D eigenvalue weighted by Gasteiger charge is -2.05. The molecule has 82 valence electrons. The van der Waals surface area contributed by atoms with E-state index in [1.54, 1.807) is 18.3 Å². The molecule has 1 aromatic carbocycles. The zero-order valence-electron chi connectivity index (χ0n) is 8.23. The number of rotatable bonds is 1. The Morgan fingerprint density at radius 1 is 1.31 bits per heavy atom. The highest BCUT2D eigenvalue weighted by molar-refractivity contribution is 5.81. The first-order valence-electron chi connectivity index (χ1n) is 4.68. The van der Waals surface area contributed by atoms with Crippen LogP contribution in [0, 0.1) is 0 Å². The summed E-state index contributed by atoms with van der Waals surface area (Å²) in [5, 5.41) is 16.4. The van der Waals surface area contributed by atoms with Crippen molar-refractivity contribution in [3.63, 3.8) is 0 Å². The molecular weight excluding hydrogens is 210 g/mol. The summed E-state index contributed by atoms with van der Waals surface area (Å²) in [7, 11) is 0. The summed E-state index contributed by atoms with van der Waals surface area (Å²) in [6.07, 6.45) is 1.55. The largest absolute Gasteiger partial charge is 0.504 e. The van der Waals surface area contributed by atoms with Crippen LogP contribution in [0.3, 0.4) is 0 Å². The predicted molar refractivity (Wildman–Crippen MR) is 56.2 cm³/mol. The molecule has 0 atom stereocenters. The van der Waals surface area contributed by atoms with Crippen molar-refractivity contribution in [2.45, 2.75) is 0 Å². The van der Waals surface area contributed by atoms with Gasteiger partial charge >= 0.3 is 0 Å². The first-order chi connectivity index (χ1) is 7.77. The number of nitrogen functional groups attached to an aromatic ring is 1. The van der Waals surface area contributed by atoms with Crippen LogP contribution in [-0.4, -0.2) is 22.1 Å². The summed E-state index contributed by atoms with van der Waals surface area (Å²) in [6.45, 7) is 0.118. The van der Waals surface area contributed by atoms with Crippen LogP contribution in [0.25, 0.3) is 11.1 Å². The molecule has 0 amide bonds. The second-order valence-electron chi connectivity index (χ2n) is 3.39. The molecule has 2 aromatic rings. The van der Waals surface area contributed by atoms with Crippen LogP contribution in [0.5, 0.6) is 17.2 Å². The fraction of sp³-hybridized carbons (Fsp3) is 0.100. The Morgan fingerprint density at radius 3 is 2.94 bits per heavy atom. The molecule has 16 heavy (non-hydrogen) atoms. The molecule has 0 bridgehead atoms. The Labute approximate surface area is 90.6 Å². The van der Waals surface area contributed by atoms with Gasteiger partial charge in [-0.15, -0.1) is 0 Å². The van der Waals surface area contributed by atoms with E-state index in [0.29, 0.717) is 28.4 Å². The van der Waals surface area contributed by atoms with E-state index in [9.17, 15) is 5.11 Å². The van der Waals surface area contributed by atoms with Crippen LogP contribution in [0.2, 0.25) is 0 Å². The van der Waals surface area contributed by atoms with Crippen molar-refractivity contribution in [3.05, 3.63) is 18.3 Å². The van der Waals surface area contributed by atoms with Crippen LogP contribution in [0.1, 0.15) is 0 Å². The number of aromatic nitrogens is 2. The Morgan fingerprint density at radius 2 is 2.19 bits per heavy atom. The van der Waals surface area contributed by atoms with Crippen molar-refractivity contribution in [1.82, 2.24) is 10.2 Å². The molecule has 1 aromatic heterocycles. The molecule has 6 heteroatoms. The monoisotopic (exact) mass is 219 g/mol. The van der Waals surface area contributed by atoms with Gasteiger partial charge in [0.1, 0.15) is 5.82 Å². The zero-order chi connectivity index (χ0) is 11.1. The van der Waals surface area contributed by atoms with Crippen molar-refractivity contribution < 1.29 is 14.6 Å². The summed E-state index contributed by atoms with van der Waals surface area (Å²) in [4.78, 5) is 0. The second kappa shape index (κ2) is 3.06. The SMILES string of the molecule is Nc1[nH]ncc1-c1ccc2c(c1O)OCO2. The lowest BCUT2D eigenvalue weighted by atomic mass is 10.1. The first kappa shape index (κ1) is 8.90. The van der Waals surface area contributed by atoms with Crippen molar-refractivity contribution in [3.8, 4) is 28.4 Å². The molecule has 0 saturated heterocycles. The number of anilines is 1. The number of aromatic amines is 1. The molecule has 1 aliphatic heterocycles. The molecule has 0 aliphatic carbocycles. The molecule has 0 fully saturated rings. The maximum Gasteiger partial charge on any atom is 0.231 e. The number of fused-ring (bicyclic) bond motifs is 1. The number of benzene rings is 1. The summed E-state index contributed by atoms with van der Waals surface area (Å²) in [5.74, 6) is 1.29. The fourth-order valence-corrected chi connectivity index (χ4v) is 1.69. The Bertz CT molecular complexity index is 550. The maximum absolute atomic E-state index is 10.0. The van der Waals surface area contributed by atoms with Gasteiger partial charge in [-0.25, -0.2) is 0 Å². The van der Waals surface area contributed by atoms with E-state index >= 15 is 0 Å². The van der Waals surface area contributed by atoms with Crippen LogP contribution < -0.4 is 15.2 Å². The van der Waals surface area contributed by atoms with E-state index in [-0.39, 0.29) is 12.5 Å². The molecule has 3 rings (SSSR count). The lowest BCUT2D eigenvalue weighted by molar-refractivity contribution is 0.171. The van der Waals surface area contributed by atoms with E-state index in [1.165, 1.54) is 0 Å². The van der Waals surface area contributed by atoms with Crippen LogP contribution in [0.4, 0.5) is 5.82 Å². The van der Waals surface area contributed by atoms with Crippen molar-refractivity contribution in [2.75, 3.05) is 12.5 Å². The molecule has 1 aliphatic rings. The van der Waals surface area contributed by atoms with E-state index < -0.39 is 0 Å². The van der Waals surface area contributed by atoms with Gasteiger partial charge in [0.15, 0.2) is 11.5 Å². The van der Waals surface area contributed by atoms with Crippen LogP contribution in [0.15, 0.2) is 18.3 Å². The minimum absolute atomic E-state index is 0.0168. The topological polar surface area (TPSA) is 93.4 Å². The quantitative estimate of drug-likeness (QED) is 0.667. The summed E-state index contributed by atoms with van der Waals surface area (Å²) in [6, 6.07) is 3.44. The molecule has 0 unspecified atom stereocenters. The number of nitrogens with one attached hydrogen (secondary N) is 1. The van der Waals surface area contributed by atoms with Gasteiger partial charge in [-0.05, 0) is 12.1 Å². The molecule has 0 saturated carbocycles. The molecule has 2 heterocycles. The average Bonchev–Trinajstić information content (AvgIpc) is 2.88. The molecular formula is C10H9N3O3. The highest BCUT2D eigenvalue weighted by atomic mass is 16.7. The molecule has 6 nitrogen and oxygen atoms in total. The molecule has 0 radical (unpaired) electrons. The highest BCUT2D eigenvalue weighted by Gasteiger charge is 2.22. The predicted octanol–water partition coefficient (Wildman–Crippen LogP) is 1.09. The number of aromatic hydroxyl groups is 1. The summed E-state index contributed by atoms with van der Waals surface area (Å²) in [5.41, 5.74) is 6.89. The average molecular weight is 219 g/mol. The van der Waals surface area contributed by atoms with E-state index in [4.69, 9.17) is 15.2 Å². The van der Waals surface area contributed by atoms with Gasteiger partial charge in [-0.1, -0.05) is 0 Å². The van der Waals surface area contributed by atoms with Crippen molar-refractivity contribution >= 4 is 5.82 Å². The third-order valence-electron chi connectivity index (χ3n) is 2.47. The van der Waals surface area contributed by atoms with E-state index in [0.717, 1.165) is 0 Å². The summed E-state index contributed by atoms with van der Waals surface area (Å²) < 4.78 is 10.3. The number of nitrogens with two attached hydrogens (primary N) is 1. The maximum atomic E-state index is 10.0. The lowest BCUT2D eigenvalue weighted by Crippen LogP contribution is -1.93. The number of phenols is 1. The third-order valence-corrected chi connectivity index (χ3v) is 2.47. The number of H-pyrrole nitrogens is 1. The number of ether oxygens (including phenoxy) is 2. The van der Waals surface area contributed by atoms with Crippen molar-refractivity contribution in [1.29, 1.82) is 0 Å². The summed E-state index contributed by atoms with van der Waals surface area (Å²) >= 11 is 0. The third kappa shape index (κ3) is 1.10. The van der Waals surface area contributed by atoms with Gasteiger partial charge in [0, 0.05) is 11.1 Å². The normalized spacial score (nSPS) is 13.0. The minimum Gasteiger partial charge on any atom is -0.504 e. The van der Waals surface area contributed by atoms with Gasteiger partial charge in [0.2, 0.25) is 12.5 Å². The van der Waals surface area contributed by atoms with Gasteiger partial charge in [-0.3, -0.25) is 5.10 Å². The standard InChI is InChI=1S/C10H9N3O3/c11-10-6(3-12-13-10)5-1-2-7-9(8(5)14)16-4-15-7/h1-3,14H,4H2,(H3,11,12,13). The van der Waals surface area contributed by atoms with Crippen LogP contribution in [-0.2, 0) is 0 Å². The number of phenolic OH excluding ortho intramolecular Hbond substituents is 1. The van der Waals surface area contributed by atoms with Gasteiger partial charge < -0.3 is 20.3 Å². The first-order valence-corrected chi connectivity index (χ1v) is 4.68. The molecule has 4 N–H and O–H groups in total. The Kier molecular flexibility index (Phi) is 1.70. The van der Waals surface area contributed by atoms with E-state index in [1.807, 2.05) is 0 Å². The zero-order valence-corrected chi connectivity index (χ0v) is 8.23. The highest BCUT2D eigenvalue weighted by Crippen LogP contribution is 2.46. The Hall–Kier alpha value is -2.37. The van der Waals surface area contributed by atoms with Gasteiger partial charge in [0.25, 0.3) is 0 Å². The van der Waals surface area contributed by atoms with E-state index in [2.05, 4.69) is 10.2 Å². The minimum atomic E-state index is 0.0168. The number of hydrogen-bond donors (Lipinski definition) is 3.